The second kappa shape index (κ2) is 12.5. The van der Waals surface area contributed by atoms with E-state index >= 15 is 0 Å². The van der Waals surface area contributed by atoms with Crippen molar-refractivity contribution in [2.45, 2.75) is 20.8 Å². The molecule has 0 bridgehead atoms. The van der Waals surface area contributed by atoms with Crippen molar-refractivity contribution in [2.24, 2.45) is 0 Å². The SMILES string of the molecule is C=c1/c(=C\C=C(/C)c2cccc(-c3ccc4ccc5ccc(-c6ccc(C)cc6)cc5c4n3)c2)ccc2ccc(-c3ccc(C)cc3)cc12. The number of allylic oxidation sites excluding steroid dienone is 2. The van der Waals surface area contributed by atoms with Gasteiger partial charge in [0.05, 0.1) is 11.2 Å². The van der Waals surface area contributed by atoms with Crippen LogP contribution in [0.1, 0.15) is 23.6 Å². The van der Waals surface area contributed by atoms with Crippen molar-refractivity contribution in [3.8, 4) is 33.5 Å². The standard InChI is InChI=1S/C48H37N/c1-31-8-13-36(14-9-31)42-24-21-38-19-18-35(34(4)45(38)29-42)17-12-33(3)41-6-5-7-44(28-41)47-27-26-40-23-20-39-22-25-43(30-46(39)48(40)49-47)37-15-10-32(2)11-16-37/h5-30H,4H2,1-3H3/b33-12+,35-17-. The molecule has 0 fully saturated rings. The lowest BCUT2D eigenvalue weighted by molar-refractivity contribution is 1.40. The molecule has 8 aromatic rings. The van der Waals surface area contributed by atoms with Gasteiger partial charge in [0.25, 0.3) is 0 Å². The van der Waals surface area contributed by atoms with Gasteiger partial charge in [-0.1, -0.05) is 151 Å². The third-order valence-electron chi connectivity index (χ3n) is 9.74. The van der Waals surface area contributed by atoms with E-state index < -0.39 is 0 Å². The highest BCUT2D eigenvalue weighted by molar-refractivity contribution is 6.07. The molecule has 0 atom stereocenters. The molecular weight excluding hydrogens is 591 g/mol. The van der Waals surface area contributed by atoms with Crippen LogP contribution in [0.4, 0.5) is 0 Å². The molecular formula is C48H37N. The molecule has 7 aromatic carbocycles. The van der Waals surface area contributed by atoms with Gasteiger partial charge in [-0.05, 0) is 105 Å². The Hall–Kier alpha value is -6.05. The fourth-order valence-electron chi connectivity index (χ4n) is 6.71. The number of pyridine rings is 1. The molecule has 0 amide bonds. The highest BCUT2D eigenvalue weighted by Gasteiger charge is 2.09. The normalized spacial score (nSPS) is 12.3. The van der Waals surface area contributed by atoms with Crippen LogP contribution in [-0.2, 0) is 0 Å². The molecule has 49 heavy (non-hydrogen) atoms. The van der Waals surface area contributed by atoms with Crippen LogP contribution in [0.5, 0.6) is 0 Å². The van der Waals surface area contributed by atoms with E-state index in [2.05, 4.69) is 185 Å². The van der Waals surface area contributed by atoms with Crippen LogP contribution in [-0.4, -0.2) is 4.98 Å². The van der Waals surface area contributed by atoms with E-state index in [4.69, 9.17) is 4.98 Å². The zero-order valence-electron chi connectivity index (χ0n) is 28.2. The van der Waals surface area contributed by atoms with Gasteiger partial charge < -0.3 is 0 Å². The van der Waals surface area contributed by atoms with Crippen LogP contribution in [0.3, 0.4) is 0 Å². The first-order chi connectivity index (χ1) is 23.9. The van der Waals surface area contributed by atoms with Crippen LogP contribution in [0.15, 0.2) is 152 Å². The van der Waals surface area contributed by atoms with Crippen molar-refractivity contribution in [1.29, 1.82) is 0 Å². The van der Waals surface area contributed by atoms with Crippen molar-refractivity contribution in [1.82, 2.24) is 4.98 Å². The van der Waals surface area contributed by atoms with Crippen LogP contribution < -0.4 is 10.4 Å². The van der Waals surface area contributed by atoms with Gasteiger partial charge in [0, 0.05) is 16.3 Å². The molecule has 0 aliphatic heterocycles. The van der Waals surface area contributed by atoms with Crippen LogP contribution in [0.25, 0.3) is 84.2 Å². The van der Waals surface area contributed by atoms with Crippen molar-refractivity contribution in [3.63, 3.8) is 0 Å². The lowest BCUT2D eigenvalue weighted by atomic mass is 9.98. The second-order valence-corrected chi connectivity index (χ2v) is 13.2. The number of rotatable bonds is 5. The molecule has 8 rings (SSSR count). The van der Waals surface area contributed by atoms with Crippen molar-refractivity contribution in [2.75, 3.05) is 0 Å². The average Bonchev–Trinajstić information content (AvgIpc) is 3.14. The van der Waals surface area contributed by atoms with Crippen LogP contribution in [0, 0.1) is 13.8 Å². The summed E-state index contributed by atoms with van der Waals surface area (Å²) in [6, 6.07) is 52.5. The smallest absolute Gasteiger partial charge is 0.0788 e. The Morgan fingerprint density at radius 1 is 0.531 bits per heavy atom. The number of nitrogens with zero attached hydrogens (tertiary/aromatic N) is 1. The molecule has 0 radical (unpaired) electrons. The van der Waals surface area contributed by atoms with E-state index in [1.165, 1.54) is 66.1 Å². The topological polar surface area (TPSA) is 12.9 Å². The first kappa shape index (κ1) is 30.3. The van der Waals surface area contributed by atoms with Crippen molar-refractivity contribution < 1.29 is 0 Å². The van der Waals surface area contributed by atoms with E-state index in [9.17, 15) is 0 Å². The van der Waals surface area contributed by atoms with Gasteiger partial charge in [0.2, 0.25) is 0 Å². The molecule has 1 heteroatoms. The van der Waals surface area contributed by atoms with Gasteiger partial charge in [0.15, 0.2) is 0 Å². The molecule has 234 valence electrons. The van der Waals surface area contributed by atoms with Gasteiger partial charge in [-0.2, -0.15) is 0 Å². The van der Waals surface area contributed by atoms with Gasteiger partial charge in [0.1, 0.15) is 0 Å². The molecule has 0 N–H and O–H groups in total. The number of hydrogen-bond acceptors (Lipinski definition) is 1. The van der Waals surface area contributed by atoms with Crippen molar-refractivity contribution >= 4 is 50.7 Å². The highest BCUT2D eigenvalue weighted by atomic mass is 14.7. The van der Waals surface area contributed by atoms with E-state index in [-0.39, 0.29) is 0 Å². The summed E-state index contributed by atoms with van der Waals surface area (Å²) in [5.41, 5.74) is 12.8. The molecule has 1 heterocycles. The van der Waals surface area contributed by atoms with E-state index in [0.717, 1.165) is 32.6 Å². The predicted molar refractivity (Wildman–Crippen MR) is 212 cm³/mol. The van der Waals surface area contributed by atoms with Gasteiger partial charge >= 0.3 is 0 Å². The summed E-state index contributed by atoms with van der Waals surface area (Å²) >= 11 is 0. The zero-order valence-corrected chi connectivity index (χ0v) is 28.2. The number of benzene rings is 7. The zero-order chi connectivity index (χ0) is 33.5. The van der Waals surface area contributed by atoms with Gasteiger partial charge in [-0.15, -0.1) is 0 Å². The van der Waals surface area contributed by atoms with E-state index in [1.807, 2.05) is 0 Å². The molecule has 0 saturated heterocycles. The number of hydrogen-bond donors (Lipinski definition) is 0. The van der Waals surface area contributed by atoms with Crippen LogP contribution >= 0.6 is 0 Å². The lowest BCUT2D eigenvalue weighted by Crippen LogP contribution is -2.23. The summed E-state index contributed by atoms with van der Waals surface area (Å²) in [6.07, 6.45) is 4.39. The molecule has 0 aliphatic rings. The largest absolute Gasteiger partial charge is 0.247 e. The summed E-state index contributed by atoms with van der Waals surface area (Å²) in [5, 5.41) is 8.06. The molecule has 1 nitrogen and oxygen atoms in total. The first-order valence-electron chi connectivity index (χ1n) is 16.9. The number of fused-ring (bicyclic) bond motifs is 4. The Bertz CT molecular complexity index is 2680. The summed E-state index contributed by atoms with van der Waals surface area (Å²) in [5.74, 6) is 0. The Labute approximate surface area is 287 Å². The molecule has 0 unspecified atom stereocenters. The molecule has 0 aliphatic carbocycles. The number of aromatic nitrogens is 1. The minimum absolute atomic E-state index is 0.971. The fraction of sp³-hybridized carbons (Fsp3) is 0.0625. The molecule has 1 aromatic heterocycles. The fourth-order valence-corrected chi connectivity index (χ4v) is 6.71. The maximum absolute atomic E-state index is 5.25. The Morgan fingerprint density at radius 3 is 1.78 bits per heavy atom. The van der Waals surface area contributed by atoms with Crippen LogP contribution in [0.2, 0.25) is 0 Å². The number of aryl methyl sites for hydroxylation is 2. The second-order valence-electron chi connectivity index (χ2n) is 13.2. The minimum Gasteiger partial charge on any atom is -0.247 e. The predicted octanol–water partition coefficient (Wildman–Crippen LogP) is 11.5. The summed E-state index contributed by atoms with van der Waals surface area (Å²) in [6.45, 7) is 10.9. The Kier molecular flexibility index (Phi) is 7.74. The first-order valence-corrected chi connectivity index (χ1v) is 16.9. The summed E-state index contributed by atoms with van der Waals surface area (Å²) in [4.78, 5) is 5.25. The third-order valence-corrected chi connectivity index (χ3v) is 9.74. The monoisotopic (exact) mass is 627 g/mol. The minimum atomic E-state index is 0.971. The van der Waals surface area contributed by atoms with Gasteiger partial charge in [-0.3, -0.25) is 0 Å². The quantitative estimate of drug-likeness (QED) is 0.173. The van der Waals surface area contributed by atoms with E-state index in [1.54, 1.807) is 0 Å². The molecule has 0 saturated carbocycles. The lowest BCUT2D eigenvalue weighted by Gasteiger charge is -2.10. The molecule has 0 spiro atoms. The maximum Gasteiger partial charge on any atom is 0.0788 e. The van der Waals surface area contributed by atoms with Gasteiger partial charge in [-0.25, -0.2) is 4.98 Å². The maximum atomic E-state index is 5.25. The Morgan fingerprint density at radius 2 is 1.08 bits per heavy atom. The average molecular weight is 628 g/mol. The van der Waals surface area contributed by atoms with Crippen molar-refractivity contribution in [3.05, 3.63) is 179 Å². The summed E-state index contributed by atoms with van der Waals surface area (Å²) in [7, 11) is 0. The third kappa shape index (κ3) is 5.96. The highest BCUT2D eigenvalue weighted by Crippen LogP contribution is 2.32. The summed E-state index contributed by atoms with van der Waals surface area (Å²) < 4.78 is 0. The van der Waals surface area contributed by atoms with E-state index in [0.29, 0.717) is 0 Å². The Balaban J connectivity index is 1.14.